The van der Waals surface area contributed by atoms with Crippen molar-refractivity contribution in [2.45, 2.75) is 0 Å². The SMILES string of the molecule is [C-]#[N+]c1c(-c2ccccc2)c(C#N)c(-n2c3c4sc5ccccc5c4cc(-c4ccccc4)c3c3c(-c4ccccc4)cc4c5ccccc5sc4c32)c(-c2ccccc2)c1-n1c2ccccc2c2c(-c3cccc4oc5ccccc5c34)cccc21. The fourth-order valence-electron chi connectivity index (χ4n) is 14.3. The van der Waals surface area contributed by atoms with Gasteiger partial charge in [-0.05, 0) is 93.0 Å². The second-order valence-electron chi connectivity index (χ2n) is 22.3. The van der Waals surface area contributed by atoms with Gasteiger partial charge in [-0.25, -0.2) is 4.85 Å². The Morgan fingerprint density at radius 3 is 1.40 bits per heavy atom. The van der Waals surface area contributed by atoms with Crippen LogP contribution >= 0.6 is 22.7 Å². The van der Waals surface area contributed by atoms with Crippen LogP contribution in [0.15, 0.2) is 271 Å². The zero-order valence-electron chi connectivity index (χ0n) is 46.4. The predicted octanol–water partition coefficient (Wildman–Crippen LogP) is 23.3. The lowest BCUT2D eigenvalue weighted by Crippen LogP contribution is -2.09. The first-order valence-electron chi connectivity index (χ1n) is 29.1. The molecule has 18 aromatic rings. The fraction of sp³-hybridized carbons (Fsp3) is 0. The zero-order chi connectivity index (χ0) is 57.4. The third kappa shape index (κ3) is 7.04. The highest BCUT2D eigenvalue weighted by Gasteiger charge is 2.35. The number of aromatic nitrogens is 2. The summed E-state index contributed by atoms with van der Waals surface area (Å²) in [5.74, 6) is 0. The predicted molar refractivity (Wildman–Crippen MR) is 366 cm³/mol. The minimum atomic E-state index is 0.381. The van der Waals surface area contributed by atoms with Crippen molar-refractivity contribution in [3.05, 3.63) is 284 Å². The Labute approximate surface area is 506 Å². The van der Waals surface area contributed by atoms with Gasteiger partial charge in [0.05, 0.1) is 55.0 Å². The van der Waals surface area contributed by atoms with Gasteiger partial charge in [0.15, 0.2) is 0 Å². The molecule has 0 aliphatic rings. The van der Waals surface area contributed by atoms with E-state index in [1.807, 2.05) is 30.3 Å². The molecular formula is C80H44N4OS2. The normalized spacial score (nSPS) is 11.9. The number of nitriles is 1. The second kappa shape index (κ2) is 19.1. The van der Waals surface area contributed by atoms with Crippen molar-refractivity contribution in [1.82, 2.24) is 9.13 Å². The van der Waals surface area contributed by atoms with Gasteiger partial charge in [0.2, 0.25) is 5.69 Å². The maximum atomic E-state index is 12.7. The van der Waals surface area contributed by atoms with Crippen molar-refractivity contribution in [1.29, 1.82) is 5.26 Å². The average molecular weight is 1140 g/mol. The first kappa shape index (κ1) is 49.1. The van der Waals surface area contributed by atoms with Crippen LogP contribution in [0.5, 0.6) is 0 Å². The average Bonchev–Trinajstić information content (AvgIpc) is 1.71. The third-order valence-corrected chi connectivity index (χ3v) is 20.1. The van der Waals surface area contributed by atoms with Crippen molar-refractivity contribution < 1.29 is 4.42 Å². The van der Waals surface area contributed by atoms with Crippen LogP contribution in [0.4, 0.5) is 5.69 Å². The lowest BCUT2D eigenvalue weighted by atomic mass is 9.88. The van der Waals surface area contributed by atoms with Gasteiger partial charge >= 0.3 is 0 Å². The number of benzene rings is 13. The van der Waals surface area contributed by atoms with Gasteiger partial charge in [0.1, 0.15) is 17.2 Å². The van der Waals surface area contributed by atoms with E-state index >= 15 is 0 Å². The Kier molecular flexibility index (Phi) is 10.8. The Bertz CT molecular complexity index is 5840. The summed E-state index contributed by atoms with van der Waals surface area (Å²) in [7, 11) is 0. The minimum absolute atomic E-state index is 0.381. The number of furan rings is 1. The Morgan fingerprint density at radius 1 is 0.368 bits per heavy atom. The molecule has 0 aliphatic heterocycles. The van der Waals surface area contributed by atoms with Gasteiger partial charge in [-0.15, -0.1) is 22.7 Å². The molecule has 0 radical (unpaired) electrons. The molecule has 0 saturated carbocycles. The summed E-state index contributed by atoms with van der Waals surface area (Å²) < 4.78 is 16.0. The molecule has 0 unspecified atom stereocenters. The van der Waals surface area contributed by atoms with E-state index in [1.165, 1.54) is 20.2 Å². The first-order chi connectivity index (χ1) is 43.1. The van der Waals surface area contributed by atoms with Crippen LogP contribution in [0, 0.1) is 17.9 Å². The van der Waals surface area contributed by atoms with Crippen LogP contribution in [0.25, 0.3) is 178 Å². The fourth-order valence-corrected chi connectivity index (χ4v) is 16.7. The molecule has 0 N–H and O–H groups in total. The molecule has 0 spiro atoms. The largest absolute Gasteiger partial charge is 0.456 e. The van der Waals surface area contributed by atoms with Gasteiger partial charge in [0.25, 0.3) is 0 Å². The Balaban J connectivity index is 1.13. The van der Waals surface area contributed by atoms with Crippen molar-refractivity contribution >= 4 is 134 Å². The summed E-state index contributed by atoms with van der Waals surface area (Å²) in [6, 6.07) is 97.5. The van der Waals surface area contributed by atoms with E-state index in [0.717, 1.165) is 136 Å². The first-order valence-corrected chi connectivity index (χ1v) is 30.7. The quantitative estimate of drug-likeness (QED) is 0.149. The molecule has 5 aromatic heterocycles. The summed E-state index contributed by atoms with van der Waals surface area (Å²) in [6.45, 7) is 9.73. The number of para-hydroxylation sites is 2. The summed E-state index contributed by atoms with van der Waals surface area (Å²) in [4.78, 5) is 4.73. The molecule has 18 rings (SSSR count). The van der Waals surface area contributed by atoms with Gasteiger partial charge < -0.3 is 13.6 Å². The highest BCUT2D eigenvalue weighted by Crippen LogP contribution is 2.58. The number of hydrogen-bond acceptors (Lipinski definition) is 4. The molecule has 0 aliphatic carbocycles. The summed E-state index contributed by atoms with van der Waals surface area (Å²) in [5, 5.41) is 23.7. The number of nitrogens with zero attached hydrogens (tertiary/aromatic N) is 4. The van der Waals surface area contributed by atoms with E-state index in [0.29, 0.717) is 28.2 Å². The zero-order valence-corrected chi connectivity index (χ0v) is 48.1. The molecule has 402 valence electrons. The number of hydrogen-bond donors (Lipinski definition) is 0. The van der Waals surface area contributed by atoms with Gasteiger partial charge in [-0.2, -0.15) is 5.26 Å². The summed E-state index contributed by atoms with van der Waals surface area (Å²) in [5.41, 5.74) is 17.2. The maximum Gasteiger partial charge on any atom is 0.220 e. The smallest absolute Gasteiger partial charge is 0.220 e. The minimum Gasteiger partial charge on any atom is -0.456 e. The number of thiophene rings is 2. The Morgan fingerprint density at radius 2 is 0.828 bits per heavy atom. The molecule has 5 nitrogen and oxygen atoms in total. The standard InChI is InChI=1S/C80H44N4OS2/c1-82-74-68(49-28-10-4-11-29-49)61(46-81)75(69(50-30-12-5-13-31-50)76(74)83-62-38-18-14-34-55(62)70-53(36-22-39-63(70)83)54-37-23-41-65-71(54)56-35-15-19-40-64(56)85-65)84-77-72(57(47-24-6-2-7-25-47)44-59-51-32-16-20-42-66(51)86-79(59)77)73-58(48-26-8-3-9-27-48)45-60-52-33-17-21-43-67(52)87-80(60)78(73)84/h2-45H. The van der Waals surface area contributed by atoms with Crippen LogP contribution in [0.3, 0.4) is 0 Å². The van der Waals surface area contributed by atoms with Crippen molar-refractivity contribution in [3.8, 4) is 73.1 Å². The highest BCUT2D eigenvalue weighted by atomic mass is 32.1. The second-order valence-corrected chi connectivity index (χ2v) is 24.4. The third-order valence-electron chi connectivity index (χ3n) is 17.8. The van der Waals surface area contributed by atoms with E-state index in [1.54, 1.807) is 22.7 Å². The van der Waals surface area contributed by atoms with Crippen molar-refractivity contribution in [3.63, 3.8) is 0 Å². The molecular weight excluding hydrogens is 1100 g/mol. The van der Waals surface area contributed by atoms with Crippen LogP contribution < -0.4 is 0 Å². The van der Waals surface area contributed by atoms with Crippen LogP contribution in [0.1, 0.15) is 5.56 Å². The summed E-state index contributed by atoms with van der Waals surface area (Å²) >= 11 is 3.60. The van der Waals surface area contributed by atoms with Crippen LogP contribution in [-0.4, -0.2) is 9.13 Å². The highest BCUT2D eigenvalue weighted by molar-refractivity contribution is 7.27. The molecule has 7 heteroatoms. The van der Waals surface area contributed by atoms with E-state index in [-0.39, 0.29) is 0 Å². The number of fused-ring (bicyclic) bond motifs is 17. The lowest BCUT2D eigenvalue weighted by molar-refractivity contribution is 0.669. The topological polar surface area (TPSA) is 51.1 Å². The maximum absolute atomic E-state index is 12.7. The van der Waals surface area contributed by atoms with E-state index in [2.05, 4.69) is 252 Å². The van der Waals surface area contributed by atoms with E-state index in [4.69, 9.17) is 9.26 Å². The van der Waals surface area contributed by atoms with Crippen molar-refractivity contribution in [2.24, 2.45) is 0 Å². The van der Waals surface area contributed by atoms with Crippen LogP contribution in [-0.2, 0) is 0 Å². The monoisotopic (exact) mass is 1140 g/mol. The molecule has 5 heterocycles. The molecule has 87 heavy (non-hydrogen) atoms. The molecule has 0 bridgehead atoms. The number of rotatable bonds is 7. The molecule has 0 amide bonds. The summed E-state index contributed by atoms with van der Waals surface area (Å²) in [6.07, 6.45) is 0. The molecule has 13 aromatic carbocycles. The van der Waals surface area contributed by atoms with Gasteiger partial charge in [-0.3, -0.25) is 0 Å². The Hall–Kier alpha value is -11.3. The van der Waals surface area contributed by atoms with Crippen molar-refractivity contribution in [2.75, 3.05) is 0 Å². The molecule has 0 fully saturated rings. The lowest BCUT2D eigenvalue weighted by Gasteiger charge is -2.26. The van der Waals surface area contributed by atoms with Gasteiger partial charge in [0, 0.05) is 74.4 Å². The van der Waals surface area contributed by atoms with Gasteiger partial charge in [-0.1, -0.05) is 218 Å². The molecule has 0 saturated heterocycles. The molecule has 0 atom stereocenters. The van der Waals surface area contributed by atoms with E-state index < -0.39 is 0 Å². The van der Waals surface area contributed by atoms with Crippen LogP contribution in [0.2, 0.25) is 0 Å². The van der Waals surface area contributed by atoms with E-state index in [9.17, 15) is 11.8 Å².